The van der Waals surface area contributed by atoms with Gasteiger partial charge in [-0.25, -0.2) is 13.8 Å². The van der Waals surface area contributed by atoms with E-state index in [0.717, 1.165) is 41.9 Å². The average molecular weight is 633 g/mol. The monoisotopic (exact) mass is 632 g/mol. The number of aromatic amines is 1. The quantitative estimate of drug-likeness (QED) is 0.209. The number of benzene rings is 3. The molecule has 236 valence electrons. The van der Waals surface area contributed by atoms with Crippen LogP contribution < -0.4 is 10.5 Å². The molecule has 5 rings (SSSR count). The minimum absolute atomic E-state index is 0.0507. The molecule has 0 spiro atoms. The number of nitrogens with two attached hydrogens (primary N) is 1. The average Bonchev–Trinajstić information content (AvgIpc) is 3.47. The molecule has 2 heterocycles. The molecular weight excluding hydrogens is 594 g/mol. The highest BCUT2D eigenvalue weighted by molar-refractivity contribution is 7.99. The number of fused-ring (bicyclic) bond motifs is 5. The van der Waals surface area contributed by atoms with Gasteiger partial charge < -0.3 is 20.6 Å². The Kier molecular flexibility index (Phi) is 10.2. The summed E-state index contributed by atoms with van der Waals surface area (Å²) < 4.78 is 36.4. The minimum Gasteiger partial charge on any atom is -0.481 e. The number of H-pyrrole nitrogens is 1. The number of nitrogens with zero attached hydrogens (tertiary/aromatic N) is 2. The molecule has 10 heteroatoms. The number of thioether (sulfide) groups is 1. The van der Waals surface area contributed by atoms with Gasteiger partial charge in [0.2, 0.25) is 0 Å². The van der Waals surface area contributed by atoms with Crippen molar-refractivity contribution in [1.29, 1.82) is 0 Å². The number of aryl methyl sites for hydroxylation is 2. The predicted octanol–water partition coefficient (Wildman–Crippen LogP) is 8.25. The summed E-state index contributed by atoms with van der Waals surface area (Å²) in [5.41, 5.74) is 10.5. The lowest BCUT2D eigenvalue weighted by molar-refractivity contribution is -0.136. The minimum atomic E-state index is -0.837. The van der Waals surface area contributed by atoms with Crippen molar-refractivity contribution < 1.29 is 23.4 Å². The smallest absolute Gasteiger partial charge is 0.303 e. The van der Waals surface area contributed by atoms with Gasteiger partial charge in [-0.2, -0.15) is 11.8 Å². The van der Waals surface area contributed by atoms with E-state index in [1.54, 1.807) is 12.3 Å². The lowest BCUT2D eigenvalue weighted by atomic mass is 9.87. The standard InChI is InChI=1S/C35H38F2N4O3S/c1-35(2)14-4-7-30(23-6-3-5-22(17-23)8-11-32(42)43)39-15-12-29(38)26-18-24(9-10-27(26)36)44-34-25(13-16-45-20-35)33-31(19-28(34)37)40-21-41-33/h3,5-6,9-10,12,15,17-19,21,30H,4,7-8,11,13-14,16,20,38H2,1-2H3,(H,40,41)(H,42,43). The maximum Gasteiger partial charge on any atom is 0.303 e. The van der Waals surface area contributed by atoms with Crippen LogP contribution in [0.3, 0.4) is 0 Å². The molecule has 1 aromatic heterocycles. The van der Waals surface area contributed by atoms with Crippen molar-refractivity contribution in [2.75, 3.05) is 11.5 Å². The molecular formula is C35H38F2N4O3S. The van der Waals surface area contributed by atoms with Crippen LogP contribution >= 0.6 is 11.8 Å². The number of carbonyl (C=O) groups is 1. The third kappa shape index (κ3) is 8.30. The van der Waals surface area contributed by atoms with Crippen molar-refractivity contribution in [3.05, 3.63) is 94.8 Å². The van der Waals surface area contributed by atoms with Crippen molar-refractivity contribution in [2.45, 2.75) is 58.4 Å². The van der Waals surface area contributed by atoms with Gasteiger partial charge in [-0.1, -0.05) is 44.5 Å². The topological polar surface area (TPSA) is 114 Å². The number of carboxylic acid groups (broad SMARTS) is 1. The number of ether oxygens (including phenoxy) is 1. The van der Waals surface area contributed by atoms with Crippen LogP contribution in [0.25, 0.3) is 16.7 Å². The van der Waals surface area contributed by atoms with Crippen LogP contribution in [-0.4, -0.2) is 38.8 Å². The van der Waals surface area contributed by atoms with Gasteiger partial charge in [0.05, 0.1) is 23.4 Å². The number of hydrogen-bond donors (Lipinski definition) is 3. The number of aliphatic imine (C=N–C) groups is 1. The molecule has 1 atom stereocenters. The molecule has 1 aliphatic heterocycles. The van der Waals surface area contributed by atoms with Crippen molar-refractivity contribution >= 4 is 40.7 Å². The Morgan fingerprint density at radius 2 is 2.02 bits per heavy atom. The highest BCUT2D eigenvalue weighted by Crippen LogP contribution is 2.37. The van der Waals surface area contributed by atoms with Gasteiger partial charge in [-0.05, 0) is 78.0 Å². The number of allylic oxidation sites excluding steroid dienone is 1. The third-order valence-corrected chi connectivity index (χ3v) is 9.47. The first-order valence-electron chi connectivity index (χ1n) is 15.1. The van der Waals surface area contributed by atoms with Gasteiger partial charge in [0.1, 0.15) is 11.6 Å². The van der Waals surface area contributed by atoms with E-state index >= 15 is 4.39 Å². The molecule has 45 heavy (non-hydrogen) atoms. The third-order valence-electron chi connectivity index (χ3n) is 7.99. The Morgan fingerprint density at radius 1 is 1.18 bits per heavy atom. The summed E-state index contributed by atoms with van der Waals surface area (Å²) in [5.74, 6) is 0.0707. The fourth-order valence-electron chi connectivity index (χ4n) is 5.57. The van der Waals surface area contributed by atoms with Gasteiger partial charge in [0, 0.05) is 35.5 Å². The first-order chi connectivity index (χ1) is 21.6. The molecule has 4 N–H and O–H groups in total. The molecule has 0 saturated carbocycles. The number of aromatic nitrogens is 2. The molecule has 0 fully saturated rings. The Labute approximate surface area is 266 Å². The van der Waals surface area contributed by atoms with Gasteiger partial charge in [-0.3, -0.25) is 9.79 Å². The first kappa shape index (κ1) is 32.2. The Balaban J connectivity index is 1.50. The zero-order chi connectivity index (χ0) is 32.0. The van der Waals surface area contributed by atoms with Gasteiger partial charge in [-0.15, -0.1) is 0 Å². The van der Waals surface area contributed by atoms with E-state index in [1.165, 1.54) is 30.6 Å². The van der Waals surface area contributed by atoms with Crippen LogP contribution in [0.4, 0.5) is 8.78 Å². The van der Waals surface area contributed by atoms with Crippen molar-refractivity contribution in [1.82, 2.24) is 9.97 Å². The summed E-state index contributed by atoms with van der Waals surface area (Å²) in [6.07, 6.45) is 8.39. The van der Waals surface area contributed by atoms with E-state index in [0.29, 0.717) is 29.4 Å². The highest BCUT2D eigenvalue weighted by Gasteiger charge is 2.22. The Hall–Kier alpha value is -4.18. The van der Waals surface area contributed by atoms with Crippen LogP contribution in [-0.2, 0) is 17.6 Å². The zero-order valence-electron chi connectivity index (χ0n) is 25.5. The SMILES string of the molecule is CC1(C)CCCC(c2cccc(CCC(=O)O)c2)N=CC=C(N)c2cc(ccc2F)Oc2c(F)cc3[nH]cnc3c2CCSC1. The number of halogens is 2. The predicted molar refractivity (Wildman–Crippen MR) is 177 cm³/mol. The van der Waals surface area contributed by atoms with Crippen LogP contribution in [0.2, 0.25) is 0 Å². The first-order valence-corrected chi connectivity index (χ1v) is 16.2. The number of nitrogens with one attached hydrogen (secondary N) is 1. The second-order valence-electron chi connectivity index (χ2n) is 12.1. The summed E-state index contributed by atoms with van der Waals surface area (Å²) in [6, 6.07) is 13.2. The maximum absolute atomic E-state index is 15.4. The summed E-state index contributed by atoms with van der Waals surface area (Å²) in [4.78, 5) is 23.4. The molecule has 4 aromatic rings. The molecule has 0 radical (unpaired) electrons. The molecule has 0 amide bonds. The highest BCUT2D eigenvalue weighted by atomic mass is 32.2. The summed E-state index contributed by atoms with van der Waals surface area (Å²) >= 11 is 1.81. The summed E-state index contributed by atoms with van der Waals surface area (Å²) in [6.45, 7) is 4.50. The van der Waals surface area contributed by atoms with Crippen molar-refractivity contribution in [2.24, 2.45) is 16.1 Å². The largest absolute Gasteiger partial charge is 0.481 e. The van der Waals surface area contributed by atoms with E-state index < -0.39 is 17.6 Å². The van der Waals surface area contributed by atoms with Crippen molar-refractivity contribution in [3.8, 4) is 11.5 Å². The molecule has 3 aromatic carbocycles. The van der Waals surface area contributed by atoms with Gasteiger partial charge >= 0.3 is 5.97 Å². The zero-order valence-corrected chi connectivity index (χ0v) is 26.3. The second kappa shape index (κ2) is 14.3. The van der Waals surface area contributed by atoms with Crippen LogP contribution in [0.1, 0.15) is 67.8 Å². The molecule has 1 aliphatic rings. The molecule has 2 bridgehead atoms. The van der Waals surface area contributed by atoms with Crippen molar-refractivity contribution in [3.63, 3.8) is 0 Å². The second-order valence-corrected chi connectivity index (χ2v) is 13.2. The van der Waals surface area contributed by atoms with Crippen LogP contribution in [0.15, 0.2) is 65.9 Å². The normalized spacial score (nSPS) is 17.8. The molecule has 7 nitrogen and oxygen atoms in total. The Bertz CT molecular complexity index is 1730. The number of aliphatic carboxylic acids is 1. The van der Waals surface area contributed by atoms with Crippen LogP contribution in [0.5, 0.6) is 11.5 Å². The molecule has 0 saturated heterocycles. The van der Waals surface area contributed by atoms with E-state index in [2.05, 4.69) is 23.8 Å². The Morgan fingerprint density at radius 3 is 2.84 bits per heavy atom. The lowest BCUT2D eigenvalue weighted by Crippen LogP contribution is -2.16. The number of hydrogen-bond acceptors (Lipinski definition) is 6. The molecule has 1 unspecified atom stereocenters. The lowest BCUT2D eigenvalue weighted by Gasteiger charge is -2.25. The summed E-state index contributed by atoms with van der Waals surface area (Å²) in [5, 5.41) is 9.13. The van der Waals surface area contributed by atoms with E-state index in [4.69, 9.17) is 20.6 Å². The molecule has 0 aliphatic carbocycles. The number of carboxylic acids is 1. The number of imidazole rings is 1. The maximum atomic E-state index is 15.4. The van der Waals surface area contributed by atoms with E-state index in [-0.39, 0.29) is 40.6 Å². The fourth-order valence-corrected chi connectivity index (χ4v) is 6.76. The summed E-state index contributed by atoms with van der Waals surface area (Å²) in [7, 11) is 0. The van der Waals surface area contributed by atoms with E-state index in [1.807, 2.05) is 36.0 Å². The fraction of sp³-hybridized carbons (Fsp3) is 0.343. The van der Waals surface area contributed by atoms with Gasteiger partial charge in [0.15, 0.2) is 11.6 Å². The van der Waals surface area contributed by atoms with Crippen LogP contribution in [0, 0.1) is 17.0 Å². The number of rotatable bonds is 4. The van der Waals surface area contributed by atoms with E-state index in [9.17, 15) is 9.18 Å². The van der Waals surface area contributed by atoms with Gasteiger partial charge in [0.25, 0.3) is 0 Å².